The largest absolute Gasteiger partial charge is 0.465 e. The van der Waals surface area contributed by atoms with Gasteiger partial charge in [-0.3, -0.25) is 10.1 Å². The van der Waals surface area contributed by atoms with E-state index in [1.54, 1.807) is 13.0 Å². The fraction of sp³-hybridized carbons (Fsp3) is 0.500. The minimum Gasteiger partial charge on any atom is -0.465 e. The van der Waals surface area contributed by atoms with Crippen LogP contribution in [-0.2, 0) is 9.47 Å². The summed E-state index contributed by atoms with van der Waals surface area (Å²) in [6.07, 6.45) is -0.352. The van der Waals surface area contributed by atoms with Crippen molar-refractivity contribution in [2.45, 2.75) is 13.0 Å². The van der Waals surface area contributed by atoms with Crippen molar-refractivity contribution in [3.05, 3.63) is 33.4 Å². The molecule has 1 N–H and O–H groups in total. The van der Waals surface area contributed by atoms with Gasteiger partial charge in [-0.1, -0.05) is 0 Å². The Labute approximate surface area is 127 Å². The van der Waals surface area contributed by atoms with Gasteiger partial charge in [0.05, 0.1) is 42.6 Å². The Morgan fingerprint density at radius 3 is 2.91 bits per heavy atom. The van der Waals surface area contributed by atoms with Gasteiger partial charge >= 0.3 is 5.97 Å². The highest BCUT2D eigenvalue weighted by atomic mass is 16.6. The topological polar surface area (TPSA) is 102 Å². The van der Waals surface area contributed by atoms with Crippen molar-refractivity contribution in [3.63, 3.8) is 0 Å². The van der Waals surface area contributed by atoms with E-state index in [1.807, 2.05) is 4.90 Å². The van der Waals surface area contributed by atoms with E-state index in [2.05, 4.69) is 0 Å². The maximum absolute atomic E-state index is 12.0. The summed E-state index contributed by atoms with van der Waals surface area (Å²) in [6, 6.07) is 2.84. The number of rotatable bonds is 4. The number of aliphatic hydroxyl groups is 1. The van der Waals surface area contributed by atoms with E-state index >= 15 is 0 Å². The number of esters is 1. The molecule has 0 aromatic heterocycles. The lowest BCUT2D eigenvalue weighted by atomic mass is 10.1. The first-order valence-corrected chi connectivity index (χ1v) is 6.82. The van der Waals surface area contributed by atoms with Crippen LogP contribution in [0.4, 0.5) is 11.4 Å². The van der Waals surface area contributed by atoms with Gasteiger partial charge in [-0.25, -0.2) is 4.79 Å². The van der Waals surface area contributed by atoms with Crippen molar-refractivity contribution in [2.24, 2.45) is 0 Å². The van der Waals surface area contributed by atoms with Crippen molar-refractivity contribution < 1.29 is 24.3 Å². The molecule has 0 aliphatic carbocycles. The molecule has 8 heteroatoms. The maximum atomic E-state index is 12.0. The van der Waals surface area contributed by atoms with Crippen molar-refractivity contribution in [1.82, 2.24) is 0 Å². The first-order chi connectivity index (χ1) is 10.5. The average Bonchev–Trinajstić information content (AvgIpc) is 2.53. The zero-order valence-electron chi connectivity index (χ0n) is 12.4. The van der Waals surface area contributed by atoms with Crippen LogP contribution in [-0.4, -0.2) is 55.5 Å². The van der Waals surface area contributed by atoms with Gasteiger partial charge < -0.3 is 19.5 Å². The molecule has 1 aliphatic heterocycles. The molecule has 1 aliphatic rings. The van der Waals surface area contributed by atoms with E-state index in [-0.39, 0.29) is 24.0 Å². The molecule has 1 aromatic carbocycles. The molecule has 2 rings (SSSR count). The quantitative estimate of drug-likeness (QED) is 0.500. The lowest BCUT2D eigenvalue weighted by molar-refractivity contribution is -0.385. The predicted molar refractivity (Wildman–Crippen MR) is 78.2 cm³/mol. The molecule has 0 bridgehead atoms. The van der Waals surface area contributed by atoms with Gasteiger partial charge in [-0.15, -0.1) is 0 Å². The van der Waals surface area contributed by atoms with Crippen LogP contribution < -0.4 is 4.90 Å². The molecule has 1 saturated heterocycles. The van der Waals surface area contributed by atoms with Crippen LogP contribution >= 0.6 is 0 Å². The van der Waals surface area contributed by atoms with Crippen molar-refractivity contribution >= 4 is 17.3 Å². The van der Waals surface area contributed by atoms with Crippen LogP contribution in [0.15, 0.2) is 12.1 Å². The number of hydrogen-bond acceptors (Lipinski definition) is 7. The molecule has 0 saturated carbocycles. The second-order valence-electron chi connectivity index (χ2n) is 5.03. The predicted octanol–water partition coefficient (Wildman–Crippen LogP) is 0.887. The Bertz CT molecular complexity index is 589. The molecule has 0 radical (unpaired) electrons. The number of anilines is 1. The van der Waals surface area contributed by atoms with Crippen LogP contribution in [0.5, 0.6) is 0 Å². The average molecular weight is 310 g/mol. The summed E-state index contributed by atoms with van der Waals surface area (Å²) >= 11 is 0. The number of benzene rings is 1. The number of carbonyl (C=O) groups excluding carboxylic acids is 1. The number of ether oxygens (including phenoxy) is 2. The number of morpholine rings is 1. The van der Waals surface area contributed by atoms with Gasteiger partial charge in [0.25, 0.3) is 5.69 Å². The van der Waals surface area contributed by atoms with Gasteiger partial charge in [0.2, 0.25) is 0 Å². The highest BCUT2D eigenvalue weighted by molar-refractivity contribution is 5.97. The zero-order valence-corrected chi connectivity index (χ0v) is 12.4. The fourth-order valence-corrected chi connectivity index (χ4v) is 2.46. The number of carbonyl (C=O) groups is 1. The Morgan fingerprint density at radius 1 is 1.59 bits per heavy atom. The molecule has 1 aromatic rings. The molecule has 8 nitrogen and oxygen atoms in total. The summed E-state index contributed by atoms with van der Waals surface area (Å²) in [5, 5.41) is 20.3. The minimum absolute atomic E-state index is 0.129. The van der Waals surface area contributed by atoms with Crippen molar-refractivity contribution in [2.75, 3.05) is 38.3 Å². The van der Waals surface area contributed by atoms with E-state index in [1.165, 1.54) is 13.2 Å². The Balaban J connectivity index is 2.46. The van der Waals surface area contributed by atoms with Gasteiger partial charge in [0.1, 0.15) is 0 Å². The summed E-state index contributed by atoms with van der Waals surface area (Å²) in [5.74, 6) is -0.634. The Hall–Kier alpha value is -2.19. The lowest BCUT2D eigenvalue weighted by Gasteiger charge is -2.34. The molecule has 120 valence electrons. The number of aryl methyl sites for hydroxylation is 1. The molecule has 22 heavy (non-hydrogen) atoms. The van der Waals surface area contributed by atoms with Gasteiger partial charge in [-0.2, -0.15) is 0 Å². The number of methoxy groups -OCH3 is 1. The smallest absolute Gasteiger partial charge is 0.340 e. The molecule has 1 heterocycles. The molecule has 1 fully saturated rings. The van der Waals surface area contributed by atoms with E-state index in [0.29, 0.717) is 30.9 Å². The summed E-state index contributed by atoms with van der Waals surface area (Å²) in [7, 11) is 1.23. The number of nitro benzene ring substituents is 1. The van der Waals surface area contributed by atoms with Gasteiger partial charge in [0, 0.05) is 24.7 Å². The van der Waals surface area contributed by atoms with Crippen LogP contribution in [0.25, 0.3) is 0 Å². The first kappa shape index (κ1) is 16.2. The zero-order chi connectivity index (χ0) is 16.3. The fourth-order valence-electron chi connectivity index (χ4n) is 2.46. The van der Waals surface area contributed by atoms with Crippen molar-refractivity contribution in [1.29, 1.82) is 0 Å². The maximum Gasteiger partial charge on any atom is 0.340 e. The number of aliphatic hydroxyl groups excluding tert-OH is 1. The van der Waals surface area contributed by atoms with Gasteiger partial charge in [-0.05, 0) is 13.0 Å². The normalized spacial score (nSPS) is 18.1. The molecular weight excluding hydrogens is 292 g/mol. The third-order valence-corrected chi connectivity index (χ3v) is 3.60. The number of nitro groups is 1. The third kappa shape index (κ3) is 3.18. The van der Waals surface area contributed by atoms with Crippen LogP contribution in [0.2, 0.25) is 0 Å². The highest BCUT2D eigenvalue weighted by Crippen LogP contribution is 2.31. The Kier molecular flexibility index (Phi) is 4.94. The van der Waals surface area contributed by atoms with Crippen molar-refractivity contribution in [3.8, 4) is 0 Å². The summed E-state index contributed by atoms with van der Waals surface area (Å²) < 4.78 is 10.1. The standard InChI is InChI=1S/C14H18N2O6/c1-9-5-13(15-3-4-22-10(7-15)8-17)11(14(18)21-2)6-12(9)16(19)20/h5-6,10,17H,3-4,7-8H2,1-2H3/t10-/m1/s1. The molecule has 0 spiro atoms. The van der Waals surface area contributed by atoms with Crippen LogP contribution in [0, 0.1) is 17.0 Å². The third-order valence-electron chi connectivity index (χ3n) is 3.60. The molecular formula is C14H18N2O6. The molecule has 1 atom stereocenters. The molecule has 0 amide bonds. The highest BCUT2D eigenvalue weighted by Gasteiger charge is 2.27. The summed E-state index contributed by atoms with van der Waals surface area (Å²) in [4.78, 5) is 24.4. The van der Waals surface area contributed by atoms with E-state index in [9.17, 15) is 20.0 Å². The summed E-state index contributed by atoms with van der Waals surface area (Å²) in [6.45, 7) is 2.82. The SMILES string of the molecule is COC(=O)c1cc([N+](=O)[O-])c(C)cc1N1CCO[C@@H](CO)C1. The number of hydrogen-bond donors (Lipinski definition) is 1. The van der Waals surface area contributed by atoms with Gasteiger partial charge in [0.15, 0.2) is 0 Å². The lowest BCUT2D eigenvalue weighted by Crippen LogP contribution is -2.44. The second-order valence-corrected chi connectivity index (χ2v) is 5.03. The minimum atomic E-state index is -0.634. The summed E-state index contributed by atoms with van der Waals surface area (Å²) in [5.41, 5.74) is 1.02. The van der Waals surface area contributed by atoms with Crippen LogP contribution in [0.1, 0.15) is 15.9 Å². The molecule has 0 unspecified atom stereocenters. The monoisotopic (exact) mass is 310 g/mol. The Morgan fingerprint density at radius 2 is 2.32 bits per heavy atom. The second kappa shape index (κ2) is 6.71. The van der Waals surface area contributed by atoms with E-state index in [4.69, 9.17) is 9.47 Å². The van der Waals surface area contributed by atoms with E-state index in [0.717, 1.165) is 0 Å². The van der Waals surface area contributed by atoms with Crippen LogP contribution in [0.3, 0.4) is 0 Å². The van der Waals surface area contributed by atoms with E-state index < -0.39 is 10.9 Å². The first-order valence-electron chi connectivity index (χ1n) is 6.82. The number of nitrogens with zero attached hydrogens (tertiary/aromatic N) is 2.